The van der Waals surface area contributed by atoms with Crippen LogP contribution in [0.15, 0.2) is 54.6 Å². The molecule has 0 aliphatic carbocycles. The maximum atomic E-state index is 11.9. The SMILES string of the molecule is CC(NC(=O)Nc1ccc([N+](=O)[O-])cc1)c1ccccc1. The summed E-state index contributed by atoms with van der Waals surface area (Å²) in [5.74, 6) is 0. The van der Waals surface area contributed by atoms with Gasteiger partial charge in [-0.2, -0.15) is 0 Å². The molecular formula is C15H15N3O3. The van der Waals surface area contributed by atoms with Crippen molar-refractivity contribution in [2.24, 2.45) is 0 Å². The maximum Gasteiger partial charge on any atom is 0.319 e. The number of benzene rings is 2. The molecule has 0 aliphatic heterocycles. The molecule has 0 heterocycles. The van der Waals surface area contributed by atoms with Crippen LogP contribution in [-0.4, -0.2) is 11.0 Å². The molecule has 0 aromatic heterocycles. The summed E-state index contributed by atoms with van der Waals surface area (Å²) in [6, 6.07) is 14.7. The fraction of sp³-hybridized carbons (Fsp3) is 0.133. The maximum absolute atomic E-state index is 11.9. The molecule has 108 valence electrons. The Morgan fingerprint density at radius 3 is 2.29 bits per heavy atom. The summed E-state index contributed by atoms with van der Waals surface area (Å²) < 4.78 is 0. The van der Waals surface area contributed by atoms with Gasteiger partial charge in [-0.1, -0.05) is 30.3 Å². The van der Waals surface area contributed by atoms with E-state index in [-0.39, 0.29) is 17.8 Å². The third kappa shape index (κ3) is 4.04. The lowest BCUT2D eigenvalue weighted by atomic mass is 10.1. The molecule has 21 heavy (non-hydrogen) atoms. The summed E-state index contributed by atoms with van der Waals surface area (Å²) in [6.07, 6.45) is 0. The van der Waals surface area contributed by atoms with E-state index < -0.39 is 4.92 Å². The van der Waals surface area contributed by atoms with Gasteiger partial charge in [-0.05, 0) is 24.6 Å². The molecule has 0 aliphatic rings. The molecule has 0 bridgehead atoms. The van der Waals surface area contributed by atoms with Gasteiger partial charge < -0.3 is 10.6 Å². The topological polar surface area (TPSA) is 84.3 Å². The van der Waals surface area contributed by atoms with Crippen molar-refractivity contribution in [2.45, 2.75) is 13.0 Å². The molecule has 1 atom stereocenters. The summed E-state index contributed by atoms with van der Waals surface area (Å²) in [5, 5.41) is 16.0. The summed E-state index contributed by atoms with van der Waals surface area (Å²) in [7, 11) is 0. The minimum atomic E-state index is -0.485. The normalized spacial score (nSPS) is 11.5. The van der Waals surface area contributed by atoms with Gasteiger partial charge in [-0.25, -0.2) is 4.79 Å². The Labute approximate surface area is 121 Å². The second-order valence-corrected chi connectivity index (χ2v) is 4.53. The van der Waals surface area contributed by atoms with Crippen LogP contribution in [-0.2, 0) is 0 Å². The van der Waals surface area contributed by atoms with E-state index in [1.54, 1.807) is 0 Å². The van der Waals surface area contributed by atoms with Crippen molar-refractivity contribution < 1.29 is 9.72 Å². The van der Waals surface area contributed by atoms with Gasteiger partial charge in [0.05, 0.1) is 11.0 Å². The van der Waals surface area contributed by atoms with Crippen LogP contribution in [0.4, 0.5) is 16.2 Å². The van der Waals surface area contributed by atoms with Crippen molar-refractivity contribution in [3.63, 3.8) is 0 Å². The highest BCUT2D eigenvalue weighted by Gasteiger charge is 2.10. The van der Waals surface area contributed by atoms with Gasteiger partial charge in [0.25, 0.3) is 5.69 Å². The lowest BCUT2D eigenvalue weighted by Crippen LogP contribution is -2.31. The number of amides is 2. The number of carbonyl (C=O) groups excluding carboxylic acids is 1. The Morgan fingerprint density at radius 1 is 1.10 bits per heavy atom. The van der Waals surface area contributed by atoms with Crippen molar-refractivity contribution >= 4 is 17.4 Å². The van der Waals surface area contributed by atoms with Crippen molar-refractivity contribution in [3.8, 4) is 0 Å². The number of nitrogens with zero attached hydrogens (tertiary/aromatic N) is 1. The summed E-state index contributed by atoms with van der Waals surface area (Å²) >= 11 is 0. The quantitative estimate of drug-likeness (QED) is 0.666. The zero-order valence-electron chi connectivity index (χ0n) is 11.4. The smallest absolute Gasteiger partial charge is 0.319 e. The number of rotatable bonds is 4. The number of non-ortho nitro benzene ring substituents is 1. The molecule has 0 saturated carbocycles. The Kier molecular flexibility index (Phi) is 4.50. The highest BCUT2D eigenvalue weighted by molar-refractivity contribution is 5.89. The zero-order chi connectivity index (χ0) is 15.2. The zero-order valence-corrected chi connectivity index (χ0v) is 11.4. The molecule has 0 radical (unpaired) electrons. The molecule has 2 amide bonds. The molecule has 0 fully saturated rings. The molecule has 2 aromatic rings. The first-order chi connectivity index (χ1) is 10.1. The Bertz CT molecular complexity index is 626. The van der Waals surface area contributed by atoms with E-state index in [1.807, 2.05) is 37.3 Å². The first-order valence-corrected chi connectivity index (χ1v) is 6.43. The van der Waals surface area contributed by atoms with Crippen molar-refractivity contribution in [2.75, 3.05) is 5.32 Å². The molecule has 2 aromatic carbocycles. The summed E-state index contributed by atoms with van der Waals surface area (Å²) in [5.41, 5.74) is 1.48. The van der Waals surface area contributed by atoms with E-state index in [9.17, 15) is 14.9 Å². The second kappa shape index (κ2) is 6.51. The standard InChI is InChI=1S/C15H15N3O3/c1-11(12-5-3-2-4-6-12)16-15(19)17-13-7-9-14(10-8-13)18(20)21/h2-11H,1H3,(H2,16,17,19). The summed E-state index contributed by atoms with van der Waals surface area (Å²) in [6.45, 7) is 1.88. The highest BCUT2D eigenvalue weighted by Crippen LogP contribution is 2.16. The monoisotopic (exact) mass is 285 g/mol. The van der Waals surface area contributed by atoms with Crippen LogP contribution in [0.25, 0.3) is 0 Å². The first kappa shape index (κ1) is 14.5. The number of carbonyl (C=O) groups is 1. The predicted octanol–water partition coefficient (Wildman–Crippen LogP) is 3.48. The minimum absolute atomic E-state index is 0.0152. The Balaban J connectivity index is 1.94. The van der Waals surface area contributed by atoms with Gasteiger partial charge in [0.2, 0.25) is 0 Å². The third-order valence-corrected chi connectivity index (χ3v) is 2.98. The van der Waals surface area contributed by atoms with E-state index >= 15 is 0 Å². The average molecular weight is 285 g/mol. The number of hydrogen-bond acceptors (Lipinski definition) is 3. The molecule has 2 rings (SSSR count). The third-order valence-electron chi connectivity index (χ3n) is 2.98. The van der Waals surface area contributed by atoms with Crippen LogP contribution >= 0.6 is 0 Å². The predicted molar refractivity (Wildman–Crippen MR) is 80.1 cm³/mol. The second-order valence-electron chi connectivity index (χ2n) is 4.53. The molecule has 0 spiro atoms. The van der Waals surface area contributed by atoms with Gasteiger partial charge in [-0.3, -0.25) is 10.1 Å². The van der Waals surface area contributed by atoms with Gasteiger partial charge in [-0.15, -0.1) is 0 Å². The van der Waals surface area contributed by atoms with Crippen LogP contribution in [0.3, 0.4) is 0 Å². The Hall–Kier alpha value is -2.89. The molecular weight excluding hydrogens is 270 g/mol. The van der Waals surface area contributed by atoms with E-state index in [1.165, 1.54) is 24.3 Å². The van der Waals surface area contributed by atoms with Crippen LogP contribution in [0, 0.1) is 10.1 Å². The fourth-order valence-electron chi connectivity index (χ4n) is 1.86. The number of urea groups is 1. The average Bonchev–Trinajstić information content (AvgIpc) is 2.48. The lowest BCUT2D eigenvalue weighted by Gasteiger charge is -2.14. The molecule has 2 N–H and O–H groups in total. The molecule has 6 heteroatoms. The van der Waals surface area contributed by atoms with Gasteiger partial charge in [0.1, 0.15) is 0 Å². The van der Waals surface area contributed by atoms with E-state index in [0.29, 0.717) is 5.69 Å². The van der Waals surface area contributed by atoms with Gasteiger partial charge in [0, 0.05) is 17.8 Å². The number of hydrogen-bond donors (Lipinski definition) is 2. The molecule has 1 unspecified atom stereocenters. The van der Waals surface area contributed by atoms with Crippen molar-refractivity contribution in [1.82, 2.24) is 5.32 Å². The van der Waals surface area contributed by atoms with Crippen LogP contribution in [0.2, 0.25) is 0 Å². The van der Waals surface area contributed by atoms with Crippen molar-refractivity contribution in [3.05, 3.63) is 70.3 Å². The lowest BCUT2D eigenvalue weighted by molar-refractivity contribution is -0.384. The van der Waals surface area contributed by atoms with Crippen molar-refractivity contribution in [1.29, 1.82) is 0 Å². The number of nitrogens with one attached hydrogen (secondary N) is 2. The number of nitro benzene ring substituents is 1. The van der Waals surface area contributed by atoms with E-state index in [4.69, 9.17) is 0 Å². The first-order valence-electron chi connectivity index (χ1n) is 6.43. The van der Waals surface area contributed by atoms with Gasteiger partial charge in [0.15, 0.2) is 0 Å². The van der Waals surface area contributed by atoms with Crippen LogP contribution in [0.5, 0.6) is 0 Å². The van der Waals surface area contributed by atoms with E-state index in [0.717, 1.165) is 5.56 Å². The van der Waals surface area contributed by atoms with Gasteiger partial charge >= 0.3 is 6.03 Å². The molecule has 6 nitrogen and oxygen atoms in total. The number of anilines is 1. The largest absolute Gasteiger partial charge is 0.331 e. The number of nitro groups is 1. The highest BCUT2D eigenvalue weighted by atomic mass is 16.6. The fourth-order valence-corrected chi connectivity index (χ4v) is 1.86. The minimum Gasteiger partial charge on any atom is -0.331 e. The van der Waals surface area contributed by atoms with Crippen LogP contribution in [0.1, 0.15) is 18.5 Å². The van der Waals surface area contributed by atoms with E-state index in [2.05, 4.69) is 10.6 Å². The summed E-state index contributed by atoms with van der Waals surface area (Å²) in [4.78, 5) is 21.9. The van der Waals surface area contributed by atoms with Crippen LogP contribution < -0.4 is 10.6 Å². The Morgan fingerprint density at radius 2 is 1.71 bits per heavy atom. The molecule has 0 saturated heterocycles.